The molecule has 0 radical (unpaired) electrons. The van der Waals surface area contributed by atoms with Crippen LogP contribution in [0.25, 0.3) is 0 Å². The van der Waals surface area contributed by atoms with Crippen molar-refractivity contribution in [2.24, 2.45) is 5.92 Å². The molecule has 0 aliphatic carbocycles. The average Bonchev–Trinajstić information content (AvgIpc) is 2.38. The molecule has 1 N–H and O–H groups in total. The Labute approximate surface area is 99.9 Å². The van der Waals surface area contributed by atoms with E-state index in [4.69, 9.17) is 4.74 Å². The van der Waals surface area contributed by atoms with Gasteiger partial charge in [0.15, 0.2) is 0 Å². The Balaban J connectivity index is 1.89. The summed E-state index contributed by atoms with van der Waals surface area (Å²) in [6, 6.07) is 6.59. The molecule has 1 unspecified atom stereocenters. The van der Waals surface area contributed by atoms with Crippen LogP contribution in [0.1, 0.15) is 12.8 Å². The smallest absolute Gasteiger partial charge is 0.271 e. The van der Waals surface area contributed by atoms with Gasteiger partial charge in [-0.3, -0.25) is 10.1 Å². The van der Waals surface area contributed by atoms with E-state index in [0.717, 1.165) is 38.3 Å². The summed E-state index contributed by atoms with van der Waals surface area (Å²) in [6.45, 7) is 2.44. The highest BCUT2D eigenvalue weighted by Crippen LogP contribution is 2.19. The first-order chi connectivity index (χ1) is 8.25. The summed E-state index contributed by atoms with van der Waals surface area (Å²) in [7, 11) is 0. The van der Waals surface area contributed by atoms with Crippen LogP contribution in [-0.4, -0.2) is 24.7 Å². The zero-order valence-corrected chi connectivity index (χ0v) is 9.59. The van der Waals surface area contributed by atoms with E-state index in [9.17, 15) is 10.1 Å². The van der Waals surface area contributed by atoms with E-state index >= 15 is 0 Å². The van der Waals surface area contributed by atoms with Gasteiger partial charge in [-0.05, 0) is 24.8 Å². The van der Waals surface area contributed by atoms with Crippen LogP contribution in [0.15, 0.2) is 24.3 Å². The van der Waals surface area contributed by atoms with Gasteiger partial charge in [-0.1, -0.05) is 6.07 Å². The number of nitrogens with zero attached hydrogens (tertiary/aromatic N) is 1. The van der Waals surface area contributed by atoms with Crippen LogP contribution in [0.5, 0.6) is 0 Å². The lowest BCUT2D eigenvalue weighted by atomic mass is 10.0. The SMILES string of the molecule is O=[N+]([O-])c1cccc(NCC2CCCOC2)c1. The maximum absolute atomic E-state index is 10.6. The van der Waals surface area contributed by atoms with Gasteiger partial charge in [-0.25, -0.2) is 0 Å². The highest BCUT2D eigenvalue weighted by molar-refractivity contribution is 5.50. The van der Waals surface area contributed by atoms with Crippen molar-refractivity contribution >= 4 is 11.4 Å². The van der Waals surface area contributed by atoms with Crippen molar-refractivity contribution in [3.8, 4) is 0 Å². The predicted molar refractivity (Wildman–Crippen MR) is 65.1 cm³/mol. The topological polar surface area (TPSA) is 64.4 Å². The van der Waals surface area contributed by atoms with Crippen LogP contribution in [0.3, 0.4) is 0 Å². The second-order valence-corrected chi connectivity index (χ2v) is 4.27. The van der Waals surface area contributed by atoms with Crippen molar-refractivity contribution in [3.63, 3.8) is 0 Å². The highest BCUT2D eigenvalue weighted by atomic mass is 16.6. The number of rotatable bonds is 4. The summed E-state index contributed by atoms with van der Waals surface area (Å²) in [5.74, 6) is 0.503. The van der Waals surface area contributed by atoms with E-state index in [-0.39, 0.29) is 10.6 Å². The van der Waals surface area contributed by atoms with Crippen LogP contribution in [0.2, 0.25) is 0 Å². The van der Waals surface area contributed by atoms with Gasteiger partial charge in [0, 0.05) is 31.0 Å². The Hall–Kier alpha value is -1.62. The number of nitrogens with one attached hydrogen (secondary N) is 1. The molecule has 0 amide bonds. The molecule has 2 rings (SSSR count). The molecule has 1 heterocycles. The molecular weight excluding hydrogens is 220 g/mol. The van der Waals surface area contributed by atoms with E-state index < -0.39 is 0 Å². The molecule has 1 aromatic carbocycles. The van der Waals surface area contributed by atoms with Crippen molar-refractivity contribution in [2.75, 3.05) is 25.1 Å². The van der Waals surface area contributed by atoms with Gasteiger partial charge in [0.25, 0.3) is 5.69 Å². The molecule has 0 spiro atoms. The van der Waals surface area contributed by atoms with Crippen molar-refractivity contribution in [2.45, 2.75) is 12.8 Å². The molecule has 1 aliphatic rings. The number of ether oxygens (including phenoxy) is 1. The zero-order chi connectivity index (χ0) is 12.1. The molecule has 17 heavy (non-hydrogen) atoms. The van der Waals surface area contributed by atoms with Crippen molar-refractivity contribution in [1.82, 2.24) is 0 Å². The van der Waals surface area contributed by atoms with Crippen molar-refractivity contribution in [3.05, 3.63) is 34.4 Å². The summed E-state index contributed by atoms with van der Waals surface area (Å²) in [4.78, 5) is 10.2. The third kappa shape index (κ3) is 3.42. The van der Waals surface area contributed by atoms with Crippen LogP contribution in [-0.2, 0) is 4.74 Å². The fourth-order valence-corrected chi connectivity index (χ4v) is 1.96. The maximum atomic E-state index is 10.6. The average molecular weight is 236 g/mol. The zero-order valence-electron chi connectivity index (χ0n) is 9.59. The fraction of sp³-hybridized carbons (Fsp3) is 0.500. The van der Waals surface area contributed by atoms with Crippen molar-refractivity contribution < 1.29 is 9.66 Å². The minimum atomic E-state index is -0.380. The number of non-ortho nitro benzene ring substituents is 1. The predicted octanol–water partition coefficient (Wildman–Crippen LogP) is 2.43. The number of anilines is 1. The molecule has 1 aliphatic heterocycles. The van der Waals surface area contributed by atoms with E-state index in [2.05, 4.69) is 5.32 Å². The molecule has 0 aromatic heterocycles. The molecule has 92 valence electrons. The Morgan fingerprint density at radius 1 is 1.53 bits per heavy atom. The van der Waals surface area contributed by atoms with Gasteiger partial charge in [0.05, 0.1) is 11.5 Å². The molecule has 0 saturated carbocycles. The third-order valence-corrected chi connectivity index (χ3v) is 2.91. The van der Waals surface area contributed by atoms with Gasteiger partial charge < -0.3 is 10.1 Å². The van der Waals surface area contributed by atoms with E-state index in [1.807, 2.05) is 6.07 Å². The maximum Gasteiger partial charge on any atom is 0.271 e. The van der Waals surface area contributed by atoms with Crippen molar-refractivity contribution in [1.29, 1.82) is 0 Å². The molecule has 1 atom stereocenters. The lowest BCUT2D eigenvalue weighted by Crippen LogP contribution is -2.24. The summed E-state index contributed by atoms with van der Waals surface area (Å²) in [5.41, 5.74) is 0.916. The quantitative estimate of drug-likeness (QED) is 0.644. The number of benzene rings is 1. The molecule has 1 saturated heterocycles. The van der Waals surface area contributed by atoms with E-state index in [0.29, 0.717) is 5.92 Å². The van der Waals surface area contributed by atoms with Gasteiger partial charge in [0.2, 0.25) is 0 Å². The largest absolute Gasteiger partial charge is 0.384 e. The Kier molecular flexibility index (Phi) is 3.93. The Morgan fingerprint density at radius 2 is 2.41 bits per heavy atom. The molecule has 5 heteroatoms. The van der Waals surface area contributed by atoms with Gasteiger partial charge in [0.1, 0.15) is 0 Å². The number of nitro benzene ring substituents is 1. The summed E-state index contributed by atoms with van der Waals surface area (Å²) >= 11 is 0. The number of hydrogen-bond acceptors (Lipinski definition) is 4. The lowest BCUT2D eigenvalue weighted by molar-refractivity contribution is -0.384. The summed E-state index contributed by atoms with van der Waals surface area (Å²) in [5, 5.41) is 13.8. The summed E-state index contributed by atoms with van der Waals surface area (Å²) in [6.07, 6.45) is 2.25. The molecule has 1 aromatic rings. The van der Waals surface area contributed by atoms with Crippen LogP contribution in [0.4, 0.5) is 11.4 Å². The van der Waals surface area contributed by atoms with E-state index in [1.165, 1.54) is 6.07 Å². The van der Waals surface area contributed by atoms with Crippen LogP contribution >= 0.6 is 0 Å². The second kappa shape index (κ2) is 5.63. The highest BCUT2D eigenvalue weighted by Gasteiger charge is 2.13. The Bertz CT molecular complexity index is 389. The molecule has 5 nitrogen and oxygen atoms in total. The van der Waals surface area contributed by atoms with Crippen LogP contribution < -0.4 is 5.32 Å². The van der Waals surface area contributed by atoms with Gasteiger partial charge in [-0.15, -0.1) is 0 Å². The number of nitro groups is 1. The van der Waals surface area contributed by atoms with E-state index in [1.54, 1.807) is 12.1 Å². The first-order valence-corrected chi connectivity index (χ1v) is 5.82. The second-order valence-electron chi connectivity index (χ2n) is 4.27. The summed E-state index contributed by atoms with van der Waals surface area (Å²) < 4.78 is 5.38. The van der Waals surface area contributed by atoms with Gasteiger partial charge in [-0.2, -0.15) is 0 Å². The first-order valence-electron chi connectivity index (χ1n) is 5.82. The minimum absolute atomic E-state index is 0.120. The Morgan fingerprint density at radius 3 is 3.12 bits per heavy atom. The van der Waals surface area contributed by atoms with Gasteiger partial charge >= 0.3 is 0 Å². The molecular formula is C12H16N2O3. The number of hydrogen-bond donors (Lipinski definition) is 1. The van der Waals surface area contributed by atoms with Crippen LogP contribution in [0, 0.1) is 16.0 Å². The minimum Gasteiger partial charge on any atom is -0.384 e. The first kappa shape index (κ1) is 11.9. The normalized spacial score (nSPS) is 19.9. The molecule has 0 bridgehead atoms. The lowest BCUT2D eigenvalue weighted by Gasteiger charge is -2.22. The third-order valence-electron chi connectivity index (χ3n) is 2.91. The molecule has 1 fully saturated rings. The monoisotopic (exact) mass is 236 g/mol. The fourth-order valence-electron chi connectivity index (χ4n) is 1.96. The standard InChI is InChI=1S/C12H16N2O3/c15-14(16)12-5-1-4-11(7-12)13-8-10-3-2-6-17-9-10/h1,4-5,7,10,13H,2-3,6,8-9H2.